The lowest BCUT2D eigenvalue weighted by Crippen LogP contribution is -2.41. The fourth-order valence-electron chi connectivity index (χ4n) is 2.70. The van der Waals surface area contributed by atoms with Crippen LogP contribution in [0.15, 0.2) is 24.3 Å². The number of aryl methyl sites for hydroxylation is 1. The molecule has 1 aromatic rings. The molecule has 4 heteroatoms. The first kappa shape index (κ1) is 16.2. The van der Waals surface area contributed by atoms with Crippen molar-refractivity contribution in [2.45, 2.75) is 58.6 Å². The molecule has 0 bridgehead atoms. The number of halogens is 2. The molecule has 0 radical (unpaired) electrons. The van der Waals surface area contributed by atoms with Crippen LogP contribution in [0.3, 0.4) is 0 Å². The normalized spacial score (nSPS) is 18.3. The van der Waals surface area contributed by atoms with E-state index in [0.29, 0.717) is 11.5 Å². The molecule has 118 valence electrons. The zero-order chi connectivity index (χ0) is 15.3. The molecule has 1 aliphatic rings. The lowest BCUT2D eigenvalue weighted by molar-refractivity contribution is -0.0498. The molecule has 0 heterocycles. The zero-order valence-electron chi connectivity index (χ0n) is 12.9. The second-order valence-electron chi connectivity index (χ2n) is 6.51. The Morgan fingerprint density at radius 3 is 2.43 bits per heavy atom. The van der Waals surface area contributed by atoms with E-state index < -0.39 is 6.61 Å². The van der Waals surface area contributed by atoms with Crippen LogP contribution in [-0.2, 0) is 6.42 Å². The third-order valence-corrected chi connectivity index (χ3v) is 4.45. The summed E-state index contributed by atoms with van der Waals surface area (Å²) in [6, 6.07) is 7.40. The smallest absolute Gasteiger partial charge is 0.387 e. The van der Waals surface area contributed by atoms with Gasteiger partial charge in [-0.05, 0) is 55.7 Å². The summed E-state index contributed by atoms with van der Waals surface area (Å²) < 4.78 is 28.5. The van der Waals surface area contributed by atoms with Gasteiger partial charge in [-0.3, -0.25) is 0 Å². The summed E-state index contributed by atoms with van der Waals surface area (Å²) in [5.41, 5.74) is 1.66. The van der Waals surface area contributed by atoms with E-state index in [1.165, 1.54) is 19.3 Å². The van der Waals surface area contributed by atoms with Gasteiger partial charge in [0.15, 0.2) is 0 Å². The Balaban J connectivity index is 1.69. The van der Waals surface area contributed by atoms with E-state index in [0.717, 1.165) is 24.9 Å². The Morgan fingerprint density at radius 1 is 1.24 bits per heavy atom. The molecule has 0 aliphatic heterocycles. The van der Waals surface area contributed by atoms with Crippen molar-refractivity contribution in [2.24, 2.45) is 5.41 Å². The van der Waals surface area contributed by atoms with Crippen molar-refractivity contribution in [3.05, 3.63) is 29.8 Å². The number of nitrogens with one attached hydrogen (secondary N) is 1. The monoisotopic (exact) mass is 297 g/mol. The maximum absolute atomic E-state index is 12.1. The van der Waals surface area contributed by atoms with Crippen LogP contribution >= 0.6 is 0 Å². The Labute approximate surface area is 125 Å². The van der Waals surface area contributed by atoms with Crippen LogP contribution in [0.2, 0.25) is 0 Å². The molecule has 1 N–H and O–H groups in total. The van der Waals surface area contributed by atoms with Crippen molar-refractivity contribution >= 4 is 0 Å². The highest BCUT2D eigenvalue weighted by Gasteiger charge is 2.31. The van der Waals surface area contributed by atoms with Crippen LogP contribution in [0.1, 0.15) is 45.1 Å². The van der Waals surface area contributed by atoms with Gasteiger partial charge in [0.1, 0.15) is 5.75 Å². The third kappa shape index (κ3) is 5.27. The standard InChI is InChI=1S/C17H25F2NO/c1-13(20-12-17(2)10-3-11-17)4-5-14-6-8-15(9-7-14)21-16(18)19/h6-9,13,16,20H,3-5,10-12H2,1-2H3. The van der Waals surface area contributed by atoms with Crippen molar-refractivity contribution in [3.8, 4) is 5.75 Å². The molecule has 1 saturated carbocycles. The molecule has 1 unspecified atom stereocenters. The summed E-state index contributed by atoms with van der Waals surface area (Å²) in [7, 11) is 0. The average molecular weight is 297 g/mol. The van der Waals surface area contributed by atoms with Gasteiger partial charge in [0.05, 0.1) is 0 Å². The fraction of sp³-hybridized carbons (Fsp3) is 0.647. The number of ether oxygens (including phenoxy) is 1. The Morgan fingerprint density at radius 2 is 1.90 bits per heavy atom. The second kappa shape index (κ2) is 7.21. The van der Waals surface area contributed by atoms with Gasteiger partial charge >= 0.3 is 6.61 Å². The van der Waals surface area contributed by atoms with E-state index in [-0.39, 0.29) is 5.75 Å². The minimum absolute atomic E-state index is 0.220. The number of benzene rings is 1. The first-order chi connectivity index (χ1) is 9.97. The summed E-state index contributed by atoms with van der Waals surface area (Å²) in [5.74, 6) is 0.220. The Bertz CT molecular complexity index is 429. The van der Waals surface area contributed by atoms with E-state index >= 15 is 0 Å². The van der Waals surface area contributed by atoms with Crippen molar-refractivity contribution < 1.29 is 13.5 Å². The van der Waals surface area contributed by atoms with E-state index in [4.69, 9.17) is 0 Å². The van der Waals surface area contributed by atoms with E-state index in [9.17, 15) is 8.78 Å². The molecule has 2 nitrogen and oxygen atoms in total. The molecule has 0 spiro atoms. The van der Waals surface area contributed by atoms with Gasteiger partial charge in [-0.15, -0.1) is 0 Å². The van der Waals surface area contributed by atoms with Gasteiger partial charge in [-0.1, -0.05) is 25.5 Å². The summed E-state index contributed by atoms with van der Waals surface area (Å²) in [4.78, 5) is 0. The highest BCUT2D eigenvalue weighted by Crippen LogP contribution is 2.39. The minimum Gasteiger partial charge on any atom is -0.435 e. The molecule has 1 aliphatic carbocycles. The van der Waals surface area contributed by atoms with Crippen LogP contribution in [0.5, 0.6) is 5.75 Å². The highest BCUT2D eigenvalue weighted by molar-refractivity contribution is 5.27. The molecule has 0 amide bonds. The number of hydrogen-bond donors (Lipinski definition) is 1. The zero-order valence-corrected chi connectivity index (χ0v) is 12.9. The summed E-state index contributed by atoms with van der Waals surface area (Å²) in [5, 5.41) is 3.61. The quantitative estimate of drug-likeness (QED) is 0.768. The highest BCUT2D eigenvalue weighted by atomic mass is 19.3. The fourth-order valence-corrected chi connectivity index (χ4v) is 2.70. The topological polar surface area (TPSA) is 21.3 Å². The molecule has 1 atom stereocenters. The van der Waals surface area contributed by atoms with Crippen molar-refractivity contribution in [1.29, 1.82) is 0 Å². The number of alkyl halides is 2. The van der Waals surface area contributed by atoms with Gasteiger partial charge in [0.2, 0.25) is 0 Å². The van der Waals surface area contributed by atoms with E-state index in [2.05, 4.69) is 23.9 Å². The van der Waals surface area contributed by atoms with Gasteiger partial charge in [-0.25, -0.2) is 0 Å². The van der Waals surface area contributed by atoms with Crippen LogP contribution in [0.4, 0.5) is 8.78 Å². The van der Waals surface area contributed by atoms with Crippen molar-refractivity contribution in [3.63, 3.8) is 0 Å². The predicted octanol–water partition coefficient (Wildman–Crippen LogP) is 4.39. The predicted molar refractivity (Wildman–Crippen MR) is 80.8 cm³/mol. The molecule has 1 fully saturated rings. The molecule has 2 rings (SSSR count). The minimum atomic E-state index is -2.76. The van der Waals surface area contributed by atoms with Crippen LogP contribution in [0.25, 0.3) is 0 Å². The van der Waals surface area contributed by atoms with Crippen LogP contribution in [-0.4, -0.2) is 19.2 Å². The number of rotatable bonds is 8. The SMILES string of the molecule is CC(CCc1ccc(OC(F)F)cc1)NCC1(C)CCC1. The lowest BCUT2D eigenvalue weighted by Gasteiger charge is -2.39. The van der Waals surface area contributed by atoms with Gasteiger partial charge in [0.25, 0.3) is 0 Å². The number of hydrogen-bond acceptors (Lipinski definition) is 2. The van der Waals surface area contributed by atoms with Crippen LogP contribution < -0.4 is 10.1 Å². The first-order valence-electron chi connectivity index (χ1n) is 7.74. The van der Waals surface area contributed by atoms with Gasteiger partial charge in [-0.2, -0.15) is 8.78 Å². The first-order valence-corrected chi connectivity index (χ1v) is 7.74. The Hall–Kier alpha value is -1.16. The molecule has 0 saturated heterocycles. The van der Waals surface area contributed by atoms with Gasteiger partial charge < -0.3 is 10.1 Å². The molecular formula is C17H25F2NO. The maximum Gasteiger partial charge on any atom is 0.387 e. The molecule has 0 aromatic heterocycles. The molecule has 1 aromatic carbocycles. The summed E-state index contributed by atoms with van der Waals surface area (Å²) in [6.07, 6.45) is 6.02. The molecular weight excluding hydrogens is 272 g/mol. The lowest BCUT2D eigenvalue weighted by atomic mass is 9.70. The van der Waals surface area contributed by atoms with E-state index in [1.807, 2.05) is 12.1 Å². The third-order valence-electron chi connectivity index (χ3n) is 4.45. The summed E-state index contributed by atoms with van der Waals surface area (Å²) >= 11 is 0. The largest absolute Gasteiger partial charge is 0.435 e. The van der Waals surface area contributed by atoms with Crippen LogP contribution in [0, 0.1) is 5.41 Å². The second-order valence-corrected chi connectivity index (χ2v) is 6.51. The van der Waals surface area contributed by atoms with Gasteiger partial charge in [0, 0.05) is 12.6 Å². The summed E-state index contributed by atoms with van der Waals surface area (Å²) in [6.45, 7) is 2.89. The van der Waals surface area contributed by atoms with Crippen molar-refractivity contribution in [1.82, 2.24) is 5.32 Å². The average Bonchev–Trinajstić information content (AvgIpc) is 2.41. The van der Waals surface area contributed by atoms with E-state index in [1.54, 1.807) is 12.1 Å². The maximum atomic E-state index is 12.1. The van der Waals surface area contributed by atoms with Crippen molar-refractivity contribution in [2.75, 3.05) is 6.54 Å². The molecule has 21 heavy (non-hydrogen) atoms. The Kier molecular flexibility index (Phi) is 5.57.